The number of ether oxygens (including phenoxy) is 1. The SMILES string of the molecule is CCSc1cc([C@@]23CCC(=O)C[C@@H]2N(C)CC3)ccc1OC. The van der Waals surface area contributed by atoms with E-state index in [-0.39, 0.29) is 5.41 Å². The molecule has 1 aromatic carbocycles. The first-order valence-electron chi connectivity index (χ1n) is 8.14. The van der Waals surface area contributed by atoms with Crippen LogP contribution in [0.1, 0.15) is 38.2 Å². The fraction of sp³-hybridized carbons (Fsp3) is 0.611. The van der Waals surface area contributed by atoms with Crippen LogP contribution in [0.15, 0.2) is 23.1 Å². The molecule has 0 aromatic heterocycles. The zero-order valence-corrected chi connectivity index (χ0v) is 14.5. The van der Waals surface area contributed by atoms with E-state index in [1.54, 1.807) is 7.11 Å². The van der Waals surface area contributed by atoms with Crippen molar-refractivity contribution in [3.8, 4) is 5.75 Å². The van der Waals surface area contributed by atoms with E-state index in [0.29, 0.717) is 18.2 Å². The number of benzene rings is 1. The van der Waals surface area contributed by atoms with Crippen LogP contribution in [0.4, 0.5) is 0 Å². The summed E-state index contributed by atoms with van der Waals surface area (Å²) in [5, 5.41) is 0. The second-order valence-corrected chi connectivity index (χ2v) is 7.75. The number of rotatable bonds is 4. The van der Waals surface area contributed by atoms with Crippen LogP contribution in [0.25, 0.3) is 0 Å². The minimum Gasteiger partial charge on any atom is -0.496 e. The first-order chi connectivity index (χ1) is 10.6. The van der Waals surface area contributed by atoms with Gasteiger partial charge < -0.3 is 9.64 Å². The Morgan fingerprint density at radius 2 is 2.23 bits per heavy atom. The predicted octanol–water partition coefficient (Wildman–Crippen LogP) is 3.50. The van der Waals surface area contributed by atoms with Crippen molar-refractivity contribution in [1.82, 2.24) is 4.90 Å². The summed E-state index contributed by atoms with van der Waals surface area (Å²) in [6.45, 7) is 3.25. The maximum absolute atomic E-state index is 11.9. The Morgan fingerprint density at radius 3 is 2.95 bits per heavy atom. The van der Waals surface area contributed by atoms with Crippen LogP contribution in [0, 0.1) is 0 Å². The third kappa shape index (κ3) is 2.56. The Kier molecular flexibility index (Phi) is 4.51. The fourth-order valence-corrected chi connectivity index (χ4v) is 4.99. The van der Waals surface area contributed by atoms with Crippen LogP contribution in [-0.4, -0.2) is 43.2 Å². The van der Waals surface area contributed by atoms with Gasteiger partial charge in [-0.15, -0.1) is 11.8 Å². The van der Waals surface area contributed by atoms with Gasteiger partial charge in [-0.3, -0.25) is 4.79 Å². The lowest BCUT2D eigenvalue weighted by Gasteiger charge is -2.41. The van der Waals surface area contributed by atoms with Crippen LogP contribution in [0.3, 0.4) is 0 Å². The van der Waals surface area contributed by atoms with Crippen LogP contribution in [-0.2, 0) is 10.2 Å². The Morgan fingerprint density at radius 1 is 1.41 bits per heavy atom. The van der Waals surface area contributed by atoms with Crippen molar-refractivity contribution in [2.24, 2.45) is 0 Å². The average molecular weight is 319 g/mol. The molecule has 0 N–H and O–H groups in total. The molecule has 0 radical (unpaired) electrons. The zero-order chi connectivity index (χ0) is 15.7. The summed E-state index contributed by atoms with van der Waals surface area (Å²) in [7, 11) is 3.90. The van der Waals surface area contributed by atoms with E-state index in [9.17, 15) is 4.79 Å². The maximum Gasteiger partial charge on any atom is 0.134 e. The van der Waals surface area contributed by atoms with Gasteiger partial charge in [0.1, 0.15) is 11.5 Å². The van der Waals surface area contributed by atoms with Gasteiger partial charge in [0.2, 0.25) is 0 Å². The number of nitrogens with zero attached hydrogens (tertiary/aromatic N) is 1. The van der Waals surface area contributed by atoms with E-state index in [1.165, 1.54) is 10.5 Å². The van der Waals surface area contributed by atoms with Gasteiger partial charge in [0.25, 0.3) is 0 Å². The van der Waals surface area contributed by atoms with E-state index in [4.69, 9.17) is 4.74 Å². The van der Waals surface area contributed by atoms with Gasteiger partial charge in [0.15, 0.2) is 0 Å². The van der Waals surface area contributed by atoms with Gasteiger partial charge in [0, 0.05) is 29.2 Å². The maximum atomic E-state index is 11.9. The van der Waals surface area contributed by atoms with Gasteiger partial charge in [-0.25, -0.2) is 0 Å². The molecule has 3 rings (SSSR count). The predicted molar refractivity (Wildman–Crippen MR) is 91.0 cm³/mol. The van der Waals surface area contributed by atoms with Crippen molar-refractivity contribution >= 4 is 17.5 Å². The van der Waals surface area contributed by atoms with Crippen molar-refractivity contribution in [2.45, 2.75) is 49.0 Å². The Balaban J connectivity index is 2.01. The first kappa shape index (κ1) is 15.9. The highest BCUT2D eigenvalue weighted by Gasteiger charge is 2.50. The van der Waals surface area contributed by atoms with Gasteiger partial charge in [-0.2, -0.15) is 0 Å². The molecule has 2 fully saturated rings. The molecule has 1 saturated carbocycles. The molecule has 1 aliphatic carbocycles. The molecular weight excluding hydrogens is 294 g/mol. The average Bonchev–Trinajstić information content (AvgIpc) is 2.86. The molecule has 0 bridgehead atoms. The summed E-state index contributed by atoms with van der Waals surface area (Å²) in [6.07, 6.45) is 3.58. The highest BCUT2D eigenvalue weighted by atomic mass is 32.2. The second kappa shape index (κ2) is 6.25. The van der Waals surface area contributed by atoms with Crippen molar-refractivity contribution in [1.29, 1.82) is 0 Å². The van der Waals surface area contributed by atoms with Crippen molar-refractivity contribution in [2.75, 3.05) is 26.5 Å². The molecule has 1 aliphatic heterocycles. The summed E-state index contributed by atoms with van der Waals surface area (Å²) < 4.78 is 5.50. The van der Waals surface area contributed by atoms with Gasteiger partial charge in [0.05, 0.1) is 7.11 Å². The Hall–Kier alpha value is -1.00. The summed E-state index contributed by atoms with van der Waals surface area (Å²) in [4.78, 5) is 15.6. The van der Waals surface area contributed by atoms with Gasteiger partial charge in [-0.1, -0.05) is 13.0 Å². The number of ketones is 1. The molecule has 2 atom stereocenters. The minimum absolute atomic E-state index is 0.151. The Labute approximate surface area is 137 Å². The number of Topliss-reactive ketones (excluding diaryl/α,β-unsaturated/α-hetero) is 1. The number of likely N-dealkylation sites (tertiary alicyclic amines) is 1. The van der Waals surface area contributed by atoms with E-state index in [2.05, 4.69) is 37.1 Å². The molecule has 3 nitrogen and oxygen atoms in total. The third-order valence-electron chi connectivity index (χ3n) is 5.39. The van der Waals surface area contributed by atoms with Crippen molar-refractivity contribution in [3.05, 3.63) is 23.8 Å². The molecule has 0 amide bonds. The molecule has 22 heavy (non-hydrogen) atoms. The third-order valence-corrected chi connectivity index (χ3v) is 6.31. The van der Waals surface area contributed by atoms with Crippen LogP contribution >= 0.6 is 11.8 Å². The molecule has 1 aromatic rings. The van der Waals surface area contributed by atoms with Crippen LogP contribution in [0.2, 0.25) is 0 Å². The monoisotopic (exact) mass is 319 g/mol. The molecule has 2 aliphatic rings. The summed E-state index contributed by atoms with van der Waals surface area (Å²) in [6, 6.07) is 7.00. The lowest BCUT2D eigenvalue weighted by Crippen LogP contribution is -2.46. The minimum atomic E-state index is 0.151. The van der Waals surface area contributed by atoms with E-state index in [0.717, 1.165) is 37.3 Å². The molecule has 4 heteroatoms. The van der Waals surface area contributed by atoms with Crippen molar-refractivity contribution in [3.63, 3.8) is 0 Å². The molecule has 0 unspecified atom stereocenters. The van der Waals surface area contributed by atoms with Gasteiger partial charge in [-0.05, 0) is 49.9 Å². The number of carbonyl (C=O) groups excluding carboxylic acids is 1. The number of hydrogen-bond donors (Lipinski definition) is 0. The summed E-state index contributed by atoms with van der Waals surface area (Å²) in [5.74, 6) is 2.42. The first-order valence-corrected chi connectivity index (χ1v) is 9.12. The van der Waals surface area contributed by atoms with Crippen LogP contribution < -0.4 is 4.74 Å². The number of hydrogen-bond acceptors (Lipinski definition) is 4. The lowest BCUT2D eigenvalue weighted by molar-refractivity contribution is -0.122. The smallest absolute Gasteiger partial charge is 0.134 e. The zero-order valence-electron chi connectivity index (χ0n) is 13.7. The van der Waals surface area contributed by atoms with Crippen molar-refractivity contribution < 1.29 is 9.53 Å². The van der Waals surface area contributed by atoms with E-state index < -0.39 is 0 Å². The molecular formula is C18H25NO2S. The van der Waals surface area contributed by atoms with E-state index >= 15 is 0 Å². The van der Waals surface area contributed by atoms with E-state index in [1.807, 2.05) is 11.8 Å². The normalized spacial score (nSPS) is 28.7. The topological polar surface area (TPSA) is 29.5 Å². The lowest BCUT2D eigenvalue weighted by atomic mass is 9.66. The quantitative estimate of drug-likeness (QED) is 0.795. The summed E-state index contributed by atoms with van der Waals surface area (Å²) in [5.41, 5.74) is 1.55. The molecule has 1 heterocycles. The molecule has 1 saturated heterocycles. The number of fused-ring (bicyclic) bond motifs is 1. The number of methoxy groups -OCH3 is 1. The Bertz CT molecular complexity index is 574. The summed E-state index contributed by atoms with van der Waals surface area (Å²) >= 11 is 1.83. The number of carbonyl (C=O) groups is 1. The highest BCUT2D eigenvalue weighted by molar-refractivity contribution is 7.99. The van der Waals surface area contributed by atoms with Crippen LogP contribution in [0.5, 0.6) is 5.75 Å². The van der Waals surface area contributed by atoms with Gasteiger partial charge >= 0.3 is 0 Å². The molecule has 0 spiro atoms. The highest BCUT2D eigenvalue weighted by Crippen LogP contribution is 2.48. The largest absolute Gasteiger partial charge is 0.496 e. The fourth-order valence-electron chi connectivity index (χ4n) is 4.18. The number of thioether (sulfide) groups is 1. The second-order valence-electron chi connectivity index (χ2n) is 6.44. The number of likely N-dealkylation sites (N-methyl/N-ethyl adjacent to an activating group) is 1. The molecule has 120 valence electrons. The standard InChI is InChI=1S/C18H25NO2S/c1-4-22-16-11-13(5-6-15(16)21-3)18-8-7-14(20)12-17(18)19(2)10-9-18/h5-6,11,17H,4,7-10,12H2,1-3H3/t17-,18-/m0/s1.